The first-order valence-corrected chi connectivity index (χ1v) is 10.3. The summed E-state index contributed by atoms with van der Waals surface area (Å²) in [6, 6.07) is 11.7. The van der Waals surface area contributed by atoms with Gasteiger partial charge in [-0.2, -0.15) is 0 Å². The number of hydrogen-bond donors (Lipinski definition) is 2. The van der Waals surface area contributed by atoms with Crippen molar-refractivity contribution >= 4 is 33.2 Å². The molecule has 0 spiro atoms. The Morgan fingerprint density at radius 2 is 1.85 bits per heavy atom. The van der Waals surface area contributed by atoms with Crippen molar-refractivity contribution in [2.24, 2.45) is 0 Å². The topological polar surface area (TPSA) is 84.5 Å². The first-order chi connectivity index (χ1) is 12.2. The highest BCUT2D eigenvalue weighted by Crippen LogP contribution is 2.24. The molecule has 8 heteroatoms. The summed E-state index contributed by atoms with van der Waals surface area (Å²) in [7, 11) is -3.44. The van der Waals surface area contributed by atoms with E-state index < -0.39 is 10.0 Å². The van der Waals surface area contributed by atoms with E-state index in [-0.39, 0.29) is 22.7 Å². The van der Waals surface area contributed by atoms with Gasteiger partial charge in [0.05, 0.1) is 29.6 Å². The number of carbonyl (C=O) groups is 1. The molecule has 0 aliphatic heterocycles. The van der Waals surface area contributed by atoms with E-state index in [2.05, 4.69) is 10.0 Å². The van der Waals surface area contributed by atoms with Gasteiger partial charge >= 0.3 is 0 Å². The van der Waals surface area contributed by atoms with Crippen molar-refractivity contribution in [3.8, 4) is 5.75 Å². The fourth-order valence-electron chi connectivity index (χ4n) is 2.32. The van der Waals surface area contributed by atoms with Gasteiger partial charge in [-0.3, -0.25) is 9.52 Å². The molecule has 2 aromatic rings. The van der Waals surface area contributed by atoms with Crippen LogP contribution < -0.4 is 14.8 Å². The molecular formula is C18H21ClN2O4S. The number of benzene rings is 2. The fourth-order valence-corrected chi connectivity index (χ4v) is 3.18. The minimum atomic E-state index is -3.44. The van der Waals surface area contributed by atoms with Crippen LogP contribution in [0.2, 0.25) is 5.02 Å². The third kappa shape index (κ3) is 5.64. The zero-order valence-electron chi connectivity index (χ0n) is 14.7. The van der Waals surface area contributed by atoms with E-state index in [9.17, 15) is 13.2 Å². The van der Waals surface area contributed by atoms with Crippen LogP contribution in [-0.2, 0) is 10.0 Å². The van der Waals surface area contributed by atoms with E-state index in [1.807, 2.05) is 38.1 Å². The van der Waals surface area contributed by atoms with E-state index >= 15 is 0 Å². The monoisotopic (exact) mass is 396 g/mol. The van der Waals surface area contributed by atoms with Gasteiger partial charge in [-0.05, 0) is 49.7 Å². The third-order valence-electron chi connectivity index (χ3n) is 3.57. The van der Waals surface area contributed by atoms with E-state index in [1.54, 1.807) is 0 Å². The standard InChI is InChI=1S/C18H21ClN2O4S/c1-4-25-15-8-5-13(6-9-15)12(2)20-18(22)14-7-10-17(16(19)11-14)21-26(3,23)24/h5-12,21H,4H2,1-3H3,(H,20,22)/t12-/m0/s1. The zero-order valence-corrected chi connectivity index (χ0v) is 16.3. The molecule has 0 fully saturated rings. The molecule has 2 rings (SSSR count). The number of halogens is 1. The molecule has 1 amide bonds. The lowest BCUT2D eigenvalue weighted by molar-refractivity contribution is 0.0940. The van der Waals surface area contributed by atoms with Gasteiger partial charge in [-0.15, -0.1) is 0 Å². The molecule has 0 saturated heterocycles. The minimum Gasteiger partial charge on any atom is -0.494 e. The van der Waals surface area contributed by atoms with Crippen LogP contribution in [0.5, 0.6) is 5.75 Å². The molecule has 140 valence electrons. The molecule has 0 aliphatic carbocycles. The van der Waals surface area contributed by atoms with Gasteiger partial charge in [0.1, 0.15) is 5.75 Å². The average Bonchev–Trinajstić information content (AvgIpc) is 2.56. The largest absolute Gasteiger partial charge is 0.494 e. The normalized spacial score (nSPS) is 12.3. The minimum absolute atomic E-state index is 0.150. The summed E-state index contributed by atoms with van der Waals surface area (Å²) in [5.41, 5.74) is 1.50. The van der Waals surface area contributed by atoms with E-state index in [0.29, 0.717) is 12.2 Å². The summed E-state index contributed by atoms with van der Waals surface area (Å²) < 4.78 is 30.3. The van der Waals surface area contributed by atoms with Crippen LogP contribution in [0, 0.1) is 0 Å². The number of nitrogens with one attached hydrogen (secondary N) is 2. The molecule has 0 aliphatic rings. The second-order valence-corrected chi connectivity index (χ2v) is 7.92. The number of ether oxygens (including phenoxy) is 1. The first kappa shape index (κ1) is 20.1. The molecule has 0 heterocycles. The average molecular weight is 397 g/mol. The Balaban J connectivity index is 2.08. The van der Waals surface area contributed by atoms with E-state index in [1.165, 1.54) is 18.2 Å². The molecule has 2 aromatic carbocycles. The van der Waals surface area contributed by atoms with Crippen LogP contribution in [0.15, 0.2) is 42.5 Å². The molecular weight excluding hydrogens is 376 g/mol. The number of carbonyl (C=O) groups excluding carboxylic acids is 1. The lowest BCUT2D eigenvalue weighted by atomic mass is 10.1. The SMILES string of the molecule is CCOc1ccc([C@H](C)NC(=O)c2ccc(NS(C)(=O)=O)c(Cl)c2)cc1. The van der Waals surface area contributed by atoms with Gasteiger partial charge in [0.25, 0.3) is 5.91 Å². The van der Waals surface area contributed by atoms with Crippen molar-refractivity contribution < 1.29 is 17.9 Å². The second-order valence-electron chi connectivity index (χ2n) is 5.77. The molecule has 0 aromatic heterocycles. The maximum Gasteiger partial charge on any atom is 0.251 e. The Hall–Kier alpha value is -2.25. The summed E-state index contributed by atoms with van der Waals surface area (Å²) in [6.07, 6.45) is 1.03. The van der Waals surface area contributed by atoms with E-state index in [4.69, 9.17) is 16.3 Å². The van der Waals surface area contributed by atoms with Crippen LogP contribution in [0.25, 0.3) is 0 Å². The molecule has 26 heavy (non-hydrogen) atoms. The zero-order chi connectivity index (χ0) is 19.3. The van der Waals surface area contributed by atoms with Crippen molar-refractivity contribution in [3.63, 3.8) is 0 Å². The Kier molecular flexibility index (Phi) is 6.50. The highest BCUT2D eigenvalue weighted by Gasteiger charge is 2.14. The summed E-state index contributed by atoms with van der Waals surface area (Å²) in [5.74, 6) is 0.467. The number of sulfonamides is 1. The molecule has 0 saturated carbocycles. The van der Waals surface area contributed by atoms with Crippen LogP contribution in [-0.4, -0.2) is 27.2 Å². The maximum absolute atomic E-state index is 12.4. The highest BCUT2D eigenvalue weighted by molar-refractivity contribution is 7.92. The van der Waals surface area contributed by atoms with Gasteiger partial charge in [0, 0.05) is 5.56 Å². The Bertz CT molecular complexity index is 883. The summed E-state index contributed by atoms with van der Waals surface area (Å²) in [5, 5.41) is 3.03. The Labute approximate surface area is 158 Å². The Morgan fingerprint density at radius 3 is 2.38 bits per heavy atom. The number of amides is 1. The van der Waals surface area contributed by atoms with Crippen LogP contribution >= 0.6 is 11.6 Å². The molecule has 1 atom stereocenters. The molecule has 0 bridgehead atoms. The predicted molar refractivity (Wildman–Crippen MR) is 103 cm³/mol. The number of anilines is 1. The second kappa shape index (κ2) is 8.42. The summed E-state index contributed by atoms with van der Waals surface area (Å²) in [4.78, 5) is 12.4. The van der Waals surface area contributed by atoms with Crippen molar-refractivity contribution in [2.75, 3.05) is 17.6 Å². The van der Waals surface area contributed by atoms with Crippen molar-refractivity contribution in [1.29, 1.82) is 0 Å². The fraction of sp³-hybridized carbons (Fsp3) is 0.278. The van der Waals surface area contributed by atoms with Crippen molar-refractivity contribution in [1.82, 2.24) is 5.32 Å². The van der Waals surface area contributed by atoms with Gasteiger partial charge < -0.3 is 10.1 Å². The number of hydrogen-bond acceptors (Lipinski definition) is 4. The Morgan fingerprint density at radius 1 is 1.19 bits per heavy atom. The maximum atomic E-state index is 12.4. The molecule has 0 radical (unpaired) electrons. The summed E-state index contributed by atoms with van der Waals surface area (Å²) >= 11 is 6.06. The predicted octanol–water partition coefficient (Wildman–Crippen LogP) is 3.60. The quantitative estimate of drug-likeness (QED) is 0.748. The summed E-state index contributed by atoms with van der Waals surface area (Å²) in [6.45, 7) is 4.38. The number of rotatable bonds is 7. The molecule has 2 N–H and O–H groups in total. The van der Waals surface area contributed by atoms with Gasteiger partial charge in [0.2, 0.25) is 10.0 Å². The van der Waals surface area contributed by atoms with Gasteiger partial charge in [-0.25, -0.2) is 8.42 Å². The van der Waals surface area contributed by atoms with Gasteiger partial charge in [-0.1, -0.05) is 23.7 Å². The van der Waals surface area contributed by atoms with Crippen LogP contribution in [0.3, 0.4) is 0 Å². The van der Waals surface area contributed by atoms with Gasteiger partial charge in [0.15, 0.2) is 0 Å². The lowest BCUT2D eigenvalue weighted by Gasteiger charge is -2.15. The smallest absolute Gasteiger partial charge is 0.251 e. The van der Waals surface area contributed by atoms with Crippen molar-refractivity contribution in [2.45, 2.75) is 19.9 Å². The first-order valence-electron chi connectivity index (χ1n) is 8.00. The highest BCUT2D eigenvalue weighted by atomic mass is 35.5. The molecule has 0 unspecified atom stereocenters. The van der Waals surface area contributed by atoms with Crippen LogP contribution in [0.1, 0.15) is 35.8 Å². The molecule has 6 nitrogen and oxygen atoms in total. The van der Waals surface area contributed by atoms with Crippen molar-refractivity contribution in [3.05, 3.63) is 58.6 Å². The van der Waals surface area contributed by atoms with Crippen LogP contribution in [0.4, 0.5) is 5.69 Å². The van der Waals surface area contributed by atoms with E-state index in [0.717, 1.165) is 17.6 Å². The third-order valence-corrected chi connectivity index (χ3v) is 4.47. The lowest BCUT2D eigenvalue weighted by Crippen LogP contribution is -2.26.